The molecular formula is C19H24O7. The van der Waals surface area contributed by atoms with E-state index in [1.54, 1.807) is 12.1 Å². The lowest BCUT2D eigenvalue weighted by molar-refractivity contribution is 0.110. The van der Waals surface area contributed by atoms with Crippen LogP contribution in [0.25, 0.3) is 0 Å². The molecule has 0 spiro atoms. The molecule has 0 amide bonds. The minimum absolute atomic E-state index is 0.231. The van der Waals surface area contributed by atoms with Crippen LogP contribution in [0.3, 0.4) is 0 Å². The number of ether oxygens (including phenoxy) is 6. The summed E-state index contributed by atoms with van der Waals surface area (Å²) in [6.45, 7) is 12.1. The molecule has 26 heavy (non-hydrogen) atoms. The molecule has 1 rings (SSSR count). The van der Waals surface area contributed by atoms with Crippen molar-refractivity contribution in [1.29, 1.82) is 0 Å². The summed E-state index contributed by atoms with van der Waals surface area (Å²) in [5.41, 5.74) is 0.275. The van der Waals surface area contributed by atoms with E-state index in [2.05, 4.69) is 19.7 Å². The predicted octanol–water partition coefficient (Wildman–Crippen LogP) is 3.12. The Labute approximate surface area is 153 Å². The molecular weight excluding hydrogens is 340 g/mol. The smallest absolute Gasteiger partial charge is 0.157 e. The third-order valence-corrected chi connectivity index (χ3v) is 2.94. The second kappa shape index (κ2) is 13.2. The van der Waals surface area contributed by atoms with E-state index < -0.39 is 0 Å². The highest BCUT2D eigenvalue weighted by molar-refractivity contribution is 5.84. The molecule has 0 aliphatic carbocycles. The van der Waals surface area contributed by atoms with Gasteiger partial charge < -0.3 is 28.4 Å². The quantitative estimate of drug-likeness (QED) is 0.253. The molecule has 0 saturated heterocycles. The van der Waals surface area contributed by atoms with Crippen molar-refractivity contribution in [1.82, 2.24) is 0 Å². The van der Waals surface area contributed by atoms with Gasteiger partial charge in [0.25, 0.3) is 0 Å². The summed E-state index contributed by atoms with van der Waals surface area (Å²) >= 11 is 0. The van der Waals surface area contributed by atoms with Gasteiger partial charge in [0.2, 0.25) is 0 Å². The highest BCUT2D eigenvalue weighted by Gasteiger charge is 2.14. The van der Waals surface area contributed by atoms with Crippen molar-refractivity contribution < 1.29 is 33.2 Å². The first-order valence-electron chi connectivity index (χ1n) is 7.96. The van der Waals surface area contributed by atoms with Crippen LogP contribution in [-0.2, 0) is 14.2 Å². The molecule has 0 aliphatic heterocycles. The third kappa shape index (κ3) is 7.65. The van der Waals surface area contributed by atoms with Gasteiger partial charge in [-0.05, 0) is 0 Å². The highest BCUT2D eigenvalue weighted by Crippen LogP contribution is 2.33. The van der Waals surface area contributed by atoms with E-state index >= 15 is 0 Å². The number of carbonyl (C=O) groups is 1. The van der Waals surface area contributed by atoms with Crippen LogP contribution in [0.1, 0.15) is 10.4 Å². The zero-order valence-corrected chi connectivity index (χ0v) is 14.7. The van der Waals surface area contributed by atoms with Gasteiger partial charge in [-0.25, -0.2) is 0 Å². The third-order valence-electron chi connectivity index (χ3n) is 2.94. The lowest BCUT2D eigenvalue weighted by atomic mass is 10.2. The Hall–Kier alpha value is -3.09. The largest absolute Gasteiger partial charge is 0.498 e. The minimum Gasteiger partial charge on any atom is -0.498 e. The second-order valence-corrected chi connectivity index (χ2v) is 4.61. The van der Waals surface area contributed by atoms with Crippen LogP contribution >= 0.6 is 0 Å². The van der Waals surface area contributed by atoms with E-state index in [0.717, 1.165) is 0 Å². The van der Waals surface area contributed by atoms with E-state index in [1.807, 2.05) is 0 Å². The fourth-order valence-corrected chi connectivity index (χ4v) is 1.87. The maximum Gasteiger partial charge on any atom is 0.157 e. The van der Waals surface area contributed by atoms with Crippen LogP contribution < -0.4 is 14.2 Å². The first-order valence-corrected chi connectivity index (χ1v) is 7.96. The lowest BCUT2D eigenvalue weighted by Gasteiger charge is -2.16. The zero-order chi connectivity index (χ0) is 19.0. The maximum atomic E-state index is 11.5. The van der Waals surface area contributed by atoms with E-state index in [4.69, 9.17) is 28.4 Å². The van der Waals surface area contributed by atoms with Gasteiger partial charge in [0, 0.05) is 12.1 Å². The van der Waals surface area contributed by atoms with E-state index in [0.29, 0.717) is 50.0 Å². The Morgan fingerprint density at radius 1 is 0.692 bits per heavy atom. The number of carbonyl (C=O) groups excluding carboxylic acids is 1. The van der Waals surface area contributed by atoms with Gasteiger partial charge >= 0.3 is 0 Å². The predicted molar refractivity (Wildman–Crippen MR) is 96.8 cm³/mol. The van der Waals surface area contributed by atoms with Gasteiger partial charge in [0.05, 0.1) is 24.3 Å². The molecule has 142 valence electrons. The molecule has 0 bridgehead atoms. The van der Waals surface area contributed by atoms with Crippen molar-refractivity contribution >= 4 is 6.29 Å². The first-order chi connectivity index (χ1) is 12.8. The molecule has 0 aliphatic rings. The van der Waals surface area contributed by atoms with E-state index in [-0.39, 0.29) is 18.8 Å². The number of rotatable bonds is 16. The Kier molecular flexibility index (Phi) is 10.7. The van der Waals surface area contributed by atoms with Crippen LogP contribution in [0.4, 0.5) is 0 Å². The molecule has 1 aromatic rings. The summed E-state index contributed by atoms with van der Waals surface area (Å²) < 4.78 is 31.8. The van der Waals surface area contributed by atoms with Crippen molar-refractivity contribution in [3.63, 3.8) is 0 Å². The fraction of sp³-hybridized carbons (Fsp3) is 0.316. The van der Waals surface area contributed by atoms with Gasteiger partial charge in [0.15, 0.2) is 6.29 Å². The summed E-state index contributed by atoms with van der Waals surface area (Å²) in [4.78, 5) is 11.5. The van der Waals surface area contributed by atoms with E-state index in [1.165, 1.54) is 18.8 Å². The maximum absolute atomic E-state index is 11.5. The van der Waals surface area contributed by atoms with Crippen LogP contribution in [0.15, 0.2) is 50.7 Å². The van der Waals surface area contributed by atoms with Gasteiger partial charge in [-0.3, -0.25) is 4.79 Å². The van der Waals surface area contributed by atoms with Crippen molar-refractivity contribution in [3.05, 3.63) is 56.2 Å². The molecule has 0 fully saturated rings. The summed E-state index contributed by atoms with van der Waals surface area (Å²) in [5.74, 6) is 1.13. The monoisotopic (exact) mass is 364 g/mol. The average Bonchev–Trinajstić information content (AvgIpc) is 2.66. The minimum atomic E-state index is 0.231. The van der Waals surface area contributed by atoms with Crippen molar-refractivity contribution in [2.75, 3.05) is 39.6 Å². The molecule has 0 unspecified atom stereocenters. The average molecular weight is 364 g/mol. The number of hydrogen-bond donors (Lipinski definition) is 0. The lowest BCUT2D eigenvalue weighted by Crippen LogP contribution is -2.10. The summed E-state index contributed by atoms with van der Waals surface area (Å²) in [7, 11) is 0. The van der Waals surface area contributed by atoms with E-state index in [9.17, 15) is 4.79 Å². The van der Waals surface area contributed by atoms with Gasteiger partial charge in [-0.2, -0.15) is 0 Å². The molecule has 7 nitrogen and oxygen atoms in total. The van der Waals surface area contributed by atoms with Gasteiger partial charge in [-0.1, -0.05) is 19.7 Å². The molecule has 1 aromatic carbocycles. The topological polar surface area (TPSA) is 72.5 Å². The molecule has 7 heteroatoms. The normalized spacial score (nSPS) is 9.54. The summed E-state index contributed by atoms with van der Waals surface area (Å²) in [6.07, 6.45) is 4.63. The van der Waals surface area contributed by atoms with Gasteiger partial charge in [0.1, 0.15) is 56.9 Å². The van der Waals surface area contributed by atoms with Crippen LogP contribution in [0, 0.1) is 0 Å². The van der Waals surface area contributed by atoms with Crippen molar-refractivity contribution in [2.24, 2.45) is 0 Å². The number of hydrogen-bond acceptors (Lipinski definition) is 7. The summed E-state index contributed by atoms with van der Waals surface area (Å²) in [6, 6.07) is 3.22. The summed E-state index contributed by atoms with van der Waals surface area (Å²) in [5, 5.41) is 0. The van der Waals surface area contributed by atoms with Crippen LogP contribution in [0.5, 0.6) is 17.2 Å². The molecule has 0 heterocycles. The molecule has 0 aromatic heterocycles. The van der Waals surface area contributed by atoms with Crippen LogP contribution in [0.2, 0.25) is 0 Å². The highest BCUT2D eigenvalue weighted by atomic mass is 16.5. The zero-order valence-electron chi connectivity index (χ0n) is 14.7. The standard InChI is InChI=1S/C19H24O7/c1-4-21-7-10-24-16-13-18(25-11-8-22-5-2)17(15-20)19(14-16)26-12-9-23-6-3/h4-6,13-15H,1-3,7-12H2. The Morgan fingerprint density at radius 3 is 1.50 bits per heavy atom. The molecule has 0 atom stereocenters. The fourth-order valence-electron chi connectivity index (χ4n) is 1.87. The van der Waals surface area contributed by atoms with Crippen molar-refractivity contribution in [3.8, 4) is 17.2 Å². The van der Waals surface area contributed by atoms with Crippen LogP contribution in [-0.4, -0.2) is 45.9 Å². The number of aldehydes is 1. The Morgan fingerprint density at radius 2 is 1.12 bits per heavy atom. The SMILES string of the molecule is C=COCCOc1cc(OCCOC=C)c(C=O)c(OCCOC=C)c1. The molecule has 0 saturated carbocycles. The Balaban J connectivity index is 2.89. The van der Waals surface area contributed by atoms with Crippen molar-refractivity contribution in [2.45, 2.75) is 0 Å². The number of benzene rings is 1. The molecule has 0 N–H and O–H groups in total. The second-order valence-electron chi connectivity index (χ2n) is 4.61. The first kappa shape index (κ1) is 21.0. The van der Waals surface area contributed by atoms with Gasteiger partial charge in [-0.15, -0.1) is 0 Å². The molecule has 0 radical (unpaired) electrons. The Bertz CT molecular complexity index is 546.